The fraction of sp³-hybridized carbons (Fsp3) is 0.556. The maximum atomic E-state index is 13.8. The summed E-state index contributed by atoms with van der Waals surface area (Å²) in [6.07, 6.45) is -7.39. The molecule has 1 aromatic carbocycles. The van der Waals surface area contributed by atoms with Crippen LogP contribution >= 0.6 is 0 Å². The van der Waals surface area contributed by atoms with Crippen LogP contribution in [0.1, 0.15) is 39.2 Å². The average Bonchev–Trinajstić information content (AvgIpc) is 2.58. The molecule has 0 heterocycles. The smallest absolute Gasteiger partial charge is 0.426 e. The lowest BCUT2D eigenvalue weighted by Crippen LogP contribution is -2.62. The minimum atomic E-state index is -5.10. The highest BCUT2D eigenvalue weighted by atomic mass is 19.4. The third-order valence-electron chi connectivity index (χ3n) is 3.52. The first kappa shape index (κ1) is 23.7. The molecule has 0 bridgehead atoms. The zero-order valence-corrected chi connectivity index (χ0v) is 15.9. The standard InChI is InChI=1S/C18H25F3N2O5/c1-16(2,3)28-15(26)23-22-14(25)17(10-7-11-24,18(19,20)21)27-12-13-8-5-4-6-9-13/h4-6,8-9,24H,7,10-12H2,1-3H3,(H,22,25)(H,23,26). The van der Waals surface area contributed by atoms with E-state index in [1.807, 2.05) is 0 Å². The van der Waals surface area contributed by atoms with E-state index < -0.39 is 49.0 Å². The van der Waals surface area contributed by atoms with E-state index in [1.165, 1.54) is 0 Å². The summed E-state index contributed by atoms with van der Waals surface area (Å²) in [5.74, 6) is -1.62. The number of carbonyl (C=O) groups is 2. The highest BCUT2D eigenvalue weighted by Crippen LogP contribution is 2.38. The van der Waals surface area contributed by atoms with Crippen molar-refractivity contribution in [2.45, 2.75) is 57.6 Å². The first-order valence-electron chi connectivity index (χ1n) is 8.56. The molecule has 3 N–H and O–H groups in total. The molecule has 0 aliphatic carbocycles. The molecule has 1 aromatic rings. The molecule has 0 spiro atoms. The second-order valence-corrected chi connectivity index (χ2v) is 7.01. The molecule has 0 saturated carbocycles. The summed E-state index contributed by atoms with van der Waals surface area (Å²) in [4.78, 5) is 24.0. The van der Waals surface area contributed by atoms with Gasteiger partial charge in [-0.15, -0.1) is 0 Å². The van der Waals surface area contributed by atoms with E-state index in [0.29, 0.717) is 5.56 Å². The topological polar surface area (TPSA) is 96.9 Å². The molecule has 0 fully saturated rings. The van der Waals surface area contributed by atoms with Crippen LogP contribution in [-0.4, -0.2) is 41.1 Å². The van der Waals surface area contributed by atoms with Crippen molar-refractivity contribution in [1.82, 2.24) is 10.9 Å². The van der Waals surface area contributed by atoms with Crippen LogP contribution in [0.3, 0.4) is 0 Å². The maximum Gasteiger partial charge on any atom is 0.426 e. The van der Waals surface area contributed by atoms with Crippen LogP contribution in [0, 0.1) is 0 Å². The summed E-state index contributed by atoms with van der Waals surface area (Å²) in [6, 6.07) is 8.01. The van der Waals surface area contributed by atoms with Gasteiger partial charge in [0.05, 0.1) is 6.61 Å². The van der Waals surface area contributed by atoms with Crippen molar-refractivity contribution in [3.63, 3.8) is 0 Å². The lowest BCUT2D eigenvalue weighted by molar-refractivity contribution is -0.274. The molecular weight excluding hydrogens is 381 g/mol. The molecule has 0 aliphatic heterocycles. The highest BCUT2D eigenvalue weighted by Gasteiger charge is 2.61. The number of benzene rings is 1. The van der Waals surface area contributed by atoms with E-state index in [1.54, 1.807) is 62.0 Å². The minimum absolute atomic E-state index is 0.339. The van der Waals surface area contributed by atoms with Gasteiger partial charge in [0.1, 0.15) is 5.60 Å². The quantitative estimate of drug-likeness (QED) is 0.605. The van der Waals surface area contributed by atoms with Crippen LogP contribution in [0.4, 0.5) is 18.0 Å². The van der Waals surface area contributed by atoms with Crippen LogP contribution < -0.4 is 10.9 Å². The van der Waals surface area contributed by atoms with Crippen LogP contribution in [0.5, 0.6) is 0 Å². The Morgan fingerprint density at radius 2 is 1.68 bits per heavy atom. The second-order valence-electron chi connectivity index (χ2n) is 7.01. The first-order chi connectivity index (χ1) is 12.9. The van der Waals surface area contributed by atoms with E-state index >= 15 is 0 Å². The number of hydrogen-bond donors (Lipinski definition) is 3. The zero-order chi connectivity index (χ0) is 21.4. The highest BCUT2D eigenvalue weighted by molar-refractivity contribution is 5.87. The third-order valence-corrected chi connectivity index (χ3v) is 3.52. The molecule has 1 atom stereocenters. The summed E-state index contributed by atoms with van der Waals surface area (Å²) in [7, 11) is 0. The average molecular weight is 406 g/mol. The normalized spacial score (nSPS) is 14.1. The number of hydrazine groups is 1. The number of aliphatic hydroxyl groups is 1. The summed E-state index contributed by atoms with van der Waals surface area (Å²) in [6.45, 7) is 3.60. The Morgan fingerprint density at radius 1 is 1.07 bits per heavy atom. The molecular formula is C18H25F3N2O5. The Kier molecular flexibility index (Phi) is 8.25. The Morgan fingerprint density at radius 3 is 2.18 bits per heavy atom. The summed E-state index contributed by atoms with van der Waals surface area (Å²) < 4.78 is 51.4. The Labute approximate surface area is 161 Å². The van der Waals surface area contributed by atoms with E-state index in [9.17, 15) is 22.8 Å². The van der Waals surface area contributed by atoms with Crippen LogP contribution in [0.15, 0.2) is 30.3 Å². The fourth-order valence-corrected chi connectivity index (χ4v) is 2.22. The van der Waals surface area contributed by atoms with Crippen molar-refractivity contribution in [2.24, 2.45) is 0 Å². The number of nitrogens with one attached hydrogen (secondary N) is 2. The second kappa shape index (κ2) is 9.74. The predicted molar refractivity (Wildman–Crippen MR) is 93.8 cm³/mol. The minimum Gasteiger partial charge on any atom is -0.443 e. The van der Waals surface area contributed by atoms with E-state index in [2.05, 4.69) is 0 Å². The molecule has 10 heteroatoms. The zero-order valence-electron chi connectivity index (χ0n) is 15.9. The Balaban J connectivity index is 2.99. The number of hydrogen-bond acceptors (Lipinski definition) is 5. The van der Waals surface area contributed by atoms with Crippen LogP contribution in [-0.2, 0) is 20.9 Å². The van der Waals surface area contributed by atoms with Crippen molar-refractivity contribution >= 4 is 12.0 Å². The molecule has 7 nitrogen and oxygen atoms in total. The Bertz CT molecular complexity index is 647. The van der Waals surface area contributed by atoms with Crippen molar-refractivity contribution in [1.29, 1.82) is 0 Å². The molecule has 28 heavy (non-hydrogen) atoms. The lowest BCUT2D eigenvalue weighted by Gasteiger charge is -2.34. The lowest BCUT2D eigenvalue weighted by atomic mass is 9.95. The van der Waals surface area contributed by atoms with Crippen molar-refractivity contribution in [3.8, 4) is 0 Å². The molecule has 1 unspecified atom stereocenters. The molecule has 2 amide bonds. The summed E-state index contributed by atoms with van der Waals surface area (Å²) in [5.41, 5.74) is -0.250. The van der Waals surface area contributed by atoms with Gasteiger partial charge in [-0.05, 0) is 39.2 Å². The predicted octanol–water partition coefficient (Wildman–Crippen LogP) is 2.83. The Hall–Kier alpha value is -2.33. The van der Waals surface area contributed by atoms with Gasteiger partial charge < -0.3 is 14.6 Å². The summed E-state index contributed by atoms with van der Waals surface area (Å²) in [5, 5.41) is 8.96. The van der Waals surface area contributed by atoms with Crippen LogP contribution in [0.25, 0.3) is 0 Å². The monoisotopic (exact) mass is 406 g/mol. The molecule has 0 saturated heterocycles. The number of aliphatic hydroxyl groups excluding tert-OH is 1. The van der Waals surface area contributed by atoms with Gasteiger partial charge in [-0.25, -0.2) is 10.2 Å². The number of carbonyl (C=O) groups excluding carboxylic acids is 2. The van der Waals surface area contributed by atoms with Crippen LogP contribution in [0.2, 0.25) is 0 Å². The van der Waals surface area contributed by atoms with Gasteiger partial charge in [0.15, 0.2) is 0 Å². The SMILES string of the molecule is CC(C)(C)OC(=O)NNC(=O)C(CCCO)(OCc1ccccc1)C(F)(F)F. The number of rotatable bonds is 7. The molecule has 0 aromatic heterocycles. The number of amides is 2. The fourth-order valence-electron chi connectivity index (χ4n) is 2.22. The van der Waals surface area contributed by atoms with Gasteiger partial charge in [-0.3, -0.25) is 10.2 Å². The van der Waals surface area contributed by atoms with Gasteiger partial charge in [0.25, 0.3) is 5.91 Å². The third kappa shape index (κ3) is 7.01. The molecule has 0 aliphatic rings. The van der Waals surface area contributed by atoms with Crippen molar-refractivity contribution in [2.75, 3.05) is 6.61 Å². The van der Waals surface area contributed by atoms with Gasteiger partial charge in [0.2, 0.25) is 5.60 Å². The van der Waals surface area contributed by atoms with E-state index in [-0.39, 0.29) is 6.42 Å². The van der Waals surface area contributed by atoms with Gasteiger partial charge in [-0.1, -0.05) is 30.3 Å². The van der Waals surface area contributed by atoms with Gasteiger partial charge in [0, 0.05) is 6.61 Å². The van der Waals surface area contributed by atoms with Crippen molar-refractivity contribution in [3.05, 3.63) is 35.9 Å². The largest absolute Gasteiger partial charge is 0.443 e. The van der Waals surface area contributed by atoms with Gasteiger partial charge >= 0.3 is 12.3 Å². The first-order valence-corrected chi connectivity index (χ1v) is 8.56. The summed E-state index contributed by atoms with van der Waals surface area (Å²) >= 11 is 0. The molecule has 0 radical (unpaired) electrons. The maximum absolute atomic E-state index is 13.8. The van der Waals surface area contributed by atoms with Crippen molar-refractivity contribution < 1.29 is 37.3 Å². The number of alkyl halides is 3. The molecule has 158 valence electrons. The molecule has 1 rings (SSSR count). The number of ether oxygens (including phenoxy) is 2. The number of halogens is 3. The van der Waals surface area contributed by atoms with Gasteiger partial charge in [-0.2, -0.15) is 13.2 Å². The van der Waals surface area contributed by atoms with E-state index in [0.717, 1.165) is 0 Å². The van der Waals surface area contributed by atoms with E-state index in [4.69, 9.17) is 14.6 Å².